The predicted octanol–water partition coefficient (Wildman–Crippen LogP) is 4.78. The zero-order valence-electron chi connectivity index (χ0n) is 18.6. The number of esters is 1. The van der Waals surface area contributed by atoms with Gasteiger partial charge in [-0.25, -0.2) is 4.79 Å². The lowest BCUT2D eigenvalue weighted by Gasteiger charge is -2.36. The summed E-state index contributed by atoms with van der Waals surface area (Å²) in [5.74, 6) is -0.640. The van der Waals surface area contributed by atoms with E-state index in [4.69, 9.17) is 9.47 Å². The SMILES string of the molecule is COc1cc(C2C(C(=O)OC(C)C)=C(C)NC3=C2C(=O)CC(c2cccs2)C3)ccc1O. The zero-order chi connectivity index (χ0) is 23.0. The van der Waals surface area contributed by atoms with Crippen LogP contribution in [0.2, 0.25) is 0 Å². The second-order valence-electron chi connectivity index (χ2n) is 8.42. The molecule has 7 heteroatoms. The number of methoxy groups -OCH3 is 1. The van der Waals surface area contributed by atoms with Crippen molar-refractivity contribution in [1.29, 1.82) is 0 Å². The molecule has 32 heavy (non-hydrogen) atoms. The number of carbonyl (C=O) groups is 2. The number of hydrogen-bond acceptors (Lipinski definition) is 7. The number of rotatable bonds is 5. The monoisotopic (exact) mass is 453 g/mol. The van der Waals surface area contributed by atoms with Gasteiger partial charge in [-0.2, -0.15) is 0 Å². The van der Waals surface area contributed by atoms with Gasteiger partial charge >= 0.3 is 5.97 Å². The van der Waals surface area contributed by atoms with E-state index in [9.17, 15) is 14.7 Å². The molecule has 0 radical (unpaired) electrons. The predicted molar refractivity (Wildman–Crippen MR) is 123 cm³/mol. The van der Waals surface area contributed by atoms with Gasteiger partial charge in [0.25, 0.3) is 0 Å². The first kappa shape index (κ1) is 22.1. The molecule has 1 aliphatic heterocycles. The van der Waals surface area contributed by atoms with E-state index in [-0.39, 0.29) is 29.3 Å². The maximum absolute atomic E-state index is 13.5. The fraction of sp³-hybridized carbons (Fsp3) is 0.360. The van der Waals surface area contributed by atoms with Gasteiger partial charge in [0.05, 0.1) is 18.8 Å². The van der Waals surface area contributed by atoms with E-state index >= 15 is 0 Å². The molecule has 0 amide bonds. The minimum absolute atomic E-state index is 0.000809. The van der Waals surface area contributed by atoms with Crippen LogP contribution in [0.25, 0.3) is 0 Å². The molecule has 6 nitrogen and oxygen atoms in total. The maximum Gasteiger partial charge on any atom is 0.337 e. The van der Waals surface area contributed by atoms with Gasteiger partial charge in [-0.1, -0.05) is 12.1 Å². The average Bonchev–Trinajstić information content (AvgIpc) is 3.27. The van der Waals surface area contributed by atoms with Gasteiger partial charge in [0, 0.05) is 40.1 Å². The number of carbonyl (C=O) groups excluding carboxylic acids is 2. The Labute approximate surface area is 191 Å². The van der Waals surface area contributed by atoms with Crippen LogP contribution in [0.4, 0.5) is 0 Å². The van der Waals surface area contributed by atoms with Crippen LogP contribution in [0, 0.1) is 0 Å². The van der Waals surface area contributed by atoms with Crippen LogP contribution in [0.1, 0.15) is 55.9 Å². The quantitative estimate of drug-likeness (QED) is 0.634. The molecule has 2 unspecified atom stereocenters. The molecule has 0 bridgehead atoms. The normalized spacial score (nSPS) is 20.8. The fourth-order valence-electron chi connectivity index (χ4n) is 4.52. The average molecular weight is 454 g/mol. The fourth-order valence-corrected chi connectivity index (χ4v) is 5.35. The van der Waals surface area contributed by atoms with Crippen molar-refractivity contribution in [1.82, 2.24) is 5.32 Å². The summed E-state index contributed by atoms with van der Waals surface area (Å²) in [6.07, 6.45) is 0.786. The van der Waals surface area contributed by atoms with E-state index in [0.29, 0.717) is 35.2 Å². The molecule has 4 rings (SSSR count). The number of ketones is 1. The lowest BCUT2D eigenvalue weighted by molar-refractivity contribution is -0.143. The molecule has 0 saturated heterocycles. The summed E-state index contributed by atoms with van der Waals surface area (Å²) >= 11 is 1.65. The molecular formula is C25H27NO5S. The summed E-state index contributed by atoms with van der Waals surface area (Å²) in [5, 5.41) is 15.5. The highest BCUT2D eigenvalue weighted by molar-refractivity contribution is 7.10. The van der Waals surface area contributed by atoms with Crippen LogP contribution in [-0.4, -0.2) is 30.1 Å². The van der Waals surface area contributed by atoms with Crippen molar-refractivity contribution >= 4 is 23.1 Å². The van der Waals surface area contributed by atoms with E-state index in [2.05, 4.69) is 11.4 Å². The van der Waals surface area contributed by atoms with E-state index in [1.54, 1.807) is 37.3 Å². The molecule has 1 aromatic heterocycles. The van der Waals surface area contributed by atoms with Gasteiger partial charge in [-0.05, 0) is 56.3 Å². The number of dihydropyridines is 1. The van der Waals surface area contributed by atoms with Gasteiger partial charge in [-0.15, -0.1) is 11.3 Å². The second kappa shape index (κ2) is 8.82. The number of ether oxygens (including phenoxy) is 2. The van der Waals surface area contributed by atoms with Crippen molar-refractivity contribution in [2.75, 3.05) is 7.11 Å². The topological polar surface area (TPSA) is 84.9 Å². The summed E-state index contributed by atoms with van der Waals surface area (Å²) in [6, 6.07) is 9.00. The third-order valence-electron chi connectivity index (χ3n) is 5.87. The molecule has 2 heterocycles. The van der Waals surface area contributed by atoms with Crippen molar-refractivity contribution in [2.24, 2.45) is 0 Å². The van der Waals surface area contributed by atoms with Gasteiger partial charge in [-0.3, -0.25) is 4.79 Å². The number of benzene rings is 1. The van der Waals surface area contributed by atoms with Crippen LogP contribution in [0.15, 0.2) is 58.3 Å². The van der Waals surface area contributed by atoms with E-state index in [0.717, 1.165) is 5.70 Å². The van der Waals surface area contributed by atoms with Crippen molar-refractivity contribution in [3.8, 4) is 11.5 Å². The summed E-state index contributed by atoms with van der Waals surface area (Å²) < 4.78 is 10.8. The summed E-state index contributed by atoms with van der Waals surface area (Å²) in [4.78, 5) is 27.8. The Kier molecular flexibility index (Phi) is 6.11. The number of phenols is 1. The standard InChI is InChI=1S/C25H27NO5S/c1-13(2)31-25(29)22-14(3)26-17-10-16(21-6-5-9-32-21)11-19(28)24(17)23(22)15-7-8-18(27)20(12-15)30-4/h5-9,12-13,16,23,26-27H,10-11H2,1-4H3. The van der Waals surface area contributed by atoms with Crippen LogP contribution in [0.5, 0.6) is 11.5 Å². The highest BCUT2D eigenvalue weighted by Gasteiger charge is 2.42. The molecule has 168 valence electrons. The third-order valence-corrected chi connectivity index (χ3v) is 6.91. The molecule has 0 saturated carbocycles. The number of phenolic OH excluding ortho intramolecular Hbond substituents is 1. The zero-order valence-corrected chi connectivity index (χ0v) is 19.4. The Morgan fingerprint density at radius 1 is 1.25 bits per heavy atom. The number of aromatic hydroxyl groups is 1. The molecule has 2 N–H and O–H groups in total. The Bertz CT molecular complexity index is 1110. The second-order valence-corrected chi connectivity index (χ2v) is 9.40. The summed E-state index contributed by atoms with van der Waals surface area (Å²) in [6.45, 7) is 5.43. The number of allylic oxidation sites excluding steroid dienone is 3. The van der Waals surface area contributed by atoms with Crippen molar-refractivity contribution in [2.45, 2.75) is 51.6 Å². The molecule has 1 aliphatic carbocycles. The Hall–Kier alpha value is -3.06. The molecule has 0 fully saturated rings. The highest BCUT2D eigenvalue weighted by Crippen LogP contribution is 2.47. The van der Waals surface area contributed by atoms with Gasteiger partial charge in [0.2, 0.25) is 0 Å². The van der Waals surface area contributed by atoms with Crippen molar-refractivity contribution in [3.63, 3.8) is 0 Å². The van der Waals surface area contributed by atoms with Crippen molar-refractivity contribution < 1.29 is 24.2 Å². The minimum atomic E-state index is -0.594. The number of thiophene rings is 1. The molecule has 2 aliphatic rings. The van der Waals surface area contributed by atoms with Gasteiger partial charge in [0.15, 0.2) is 17.3 Å². The lowest BCUT2D eigenvalue weighted by Crippen LogP contribution is -2.36. The Morgan fingerprint density at radius 2 is 2.03 bits per heavy atom. The smallest absolute Gasteiger partial charge is 0.337 e. The number of Topliss-reactive ketones (excluding diaryl/α,β-unsaturated/α-hetero) is 1. The third kappa shape index (κ3) is 4.05. The molecule has 2 aromatic rings. The van der Waals surface area contributed by atoms with Crippen LogP contribution >= 0.6 is 11.3 Å². The molecule has 2 atom stereocenters. The largest absolute Gasteiger partial charge is 0.504 e. The van der Waals surface area contributed by atoms with Crippen LogP contribution in [-0.2, 0) is 14.3 Å². The minimum Gasteiger partial charge on any atom is -0.504 e. The molecular weight excluding hydrogens is 426 g/mol. The Morgan fingerprint density at radius 3 is 2.69 bits per heavy atom. The number of nitrogens with one attached hydrogen (secondary N) is 1. The first-order chi connectivity index (χ1) is 15.3. The van der Waals surface area contributed by atoms with Crippen LogP contribution < -0.4 is 10.1 Å². The van der Waals surface area contributed by atoms with Gasteiger partial charge < -0.3 is 19.9 Å². The maximum atomic E-state index is 13.5. The summed E-state index contributed by atoms with van der Waals surface area (Å²) in [7, 11) is 1.47. The first-order valence-electron chi connectivity index (χ1n) is 10.7. The molecule has 1 aromatic carbocycles. The van der Waals surface area contributed by atoms with Crippen LogP contribution in [0.3, 0.4) is 0 Å². The number of hydrogen-bond donors (Lipinski definition) is 2. The summed E-state index contributed by atoms with van der Waals surface area (Å²) in [5.41, 5.74) is 3.22. The lowest BCUT2D eigenvalue weighted by atomic mass is 9.72. The first-order valence-corrected chi connectivity index (χ1v) is 11.5. The van der Waals surface area contributed by atoms with E-state index in [1.165, 1.54) is 18.1 Å². The molecule has 0 spiro atoms. The van der Waals surface area contributed by atoms with E-state index in [1.807, 2.05) is 18.4 Å². The highest BCUT2D eigenvalue weighted by atomic mass is 32.1. The van der Waals surface area contributed by atoms with E-state index < -0.39 is 11.9 Å². The van der Waals surface area contributed by atoms with Crippen molar-refractivity contribution in [3.05, 3.63) is 68.7 Å². The Balaban J connectivity index is 1.83. The van der Waals surface area contributed by atoms with Gasteiger partial charge in [0.1, 0.15) is 0 Å².